The Hall–Kier alpha value is 0.0500. The van der Waals surface area contributed by atoms with E-state index in [9.17, 15) is 4.79 Å². The van der Waals surface area contributed by atoms with Crippen LogP contribution in [0.3, 0.4) is 0 Å². The lowest BCUT2D eigenvalue weighted by Crippen LogP contribution is -2.03. The van der Waals surface area contributed by atoms with Gasteiger partial charge in [0.2, 0.25) is 0 Å². The first kappa shape index (κ1) is 15.0. The average molecular weight is 255 g/mol. The van der Waals surface area contributed by atoms with Gasteiger partial charge in [0, 0.05) is 11.8 Å². The molecule has 0 radical (unpaired) electrons. The van der Waals surface area contributed by atoms with Crippen LogP contribution in [-0.2, 0) is 9.53 Å². The van der Waals surface area contributed by atoms with Gasteiger partial charge in [-0.1, -0.05) is 37.8 Å². The number of rotatable bonds is 9. The zero-order valence-corrected chi connectivity index (χ0v) is 10.8. The first-order valence-corrected chi connectivity index (χ1v) is 6.53. The predicted molar refractivity (Wildman–Crippen MR) is 64.4 cm³/mol. The number of hydrogen-bond acceptors (Lipinski definition) is 2. The molecule has 0 saturated heterocycles. The molecule has 0 aromatic heterocycles. The molecule has 0 N–H and O–H groups in total. The third-order valence-electron chi connectivity index (χ3n) is 2.23. The Kier molecular flexibility index (Phi) is 10.6. The number of halogens is 2. The van der Waals surface area contributed by atoms with Crippen LogP contribution in [0.15, 0.2) is 0 Å². The van der Waals surface area contributed by atoms with Gasteiger partial charge in [-0.05, 0) is 19.3 Å². The monoisotopic (exact) mass is 254 g/mol. The molecule has 0 saturated carbocycles. The standard InChI is InChI=1S/C11H20Cl2O2/c1-2-3-6-10(13)7-4-5-8-11(14)15-9-12/h10H,2-9H2,1H3. The van der Waals surface area contributed by atoms with E-state index < -0.39 is 0 Å². The minimum atomic E-state index is -0.218. The summed E-state index contributed by atoms with van der Waals surface area (Å²) in [4.78, 5) is 10.9. The summed E-state index contributed by atoms with van der Waals surface area (Å²) < 4.78 is 4.61. The molecule has 0 spiro atoms. The molecule has 15 heavy (non-hydrogen) atoms. The molecule has 0 aromatic carbocycles. The molecule has 0 bridgehead atoms. The zero-order valence-electron chi connectivity index (χ0n) is 9.31. The molecule has 0 fully saturated rings. The molecular weight excluding hydrogens is 235 g/mol. The van der Waals surface area contributed by atoms with Gasteiger partial charge in [0.25, 0.3) is 0 Å². The van der Waals surface area contributed by atoms with Crippen molar-refractivity contribution in [3.05, 3.63) is 0 Å². The number of ether oxygens (including phenoxy) is 1. The summed E-state index contributed by atoms with van der Waals surface area (Å²) in [5.41, 5.74) is 0. The molecule has 1 atom stereocenters. The normalized spacial score (nSPS) is 12.5. The van der Waals surface area contributed by atoms with Crippen LogP contribution in [0.25, 0.3) is 0 Å². The van der Waals surface area contributed by atoms with Crippen molar-refractivity contribution in [3.8, 4) is 0 Å². The molecule has 4 heteroatoms. The third-order valence-corrected chi connectivity index (χ3v) is 2.78. The van der Waals surface area contributed by atoms with Gasteiger partial charge in [0.1, 0.15) is 0 Å². The highest BCUT2D eigenvalue weighted by Gasteiger charge is 2.05. The second-order valence-corrected chi connectivity index (χ2v) is 4.45. The van der Waals surface area contributed by atoms with Gasteiger partial charge in [-0.25, -0.2) is 0 Å². The highest BCUT2D eigenvalue weighted by Crippen LogP contribution is 2.15. The smallest absolute Gasteiger partial charge is 0.306 e. The Bertz CT molecular complexity index is 163. The van der Waals surface area contributed by atoms with Gasteiger partial charge < -0.3 is 4.74 Å². The molecule has 0 amide bonds. The number of carbonyl (C=O) groups excluding carboxylic acids is 1. The topological polar surface area (TPSA) is 26.3 Å². The fourth-order valence-corrected chi connectivity index (χ4v) is 1.77. The van der Waals surface area contributed by atoms with E-state index in [-0.39, 0.29) is 17.4 Å². The third kappa shape index (κ3) is 10.3. The maximum absolute atomic E-state index is 10.9. The summed E-state index contributed by atoms with van der Waals surface area (Å²) in [6.45, 7) is 2.16. The molecule has 0 aliphatic carbocycles. The minimum Gasteiger partial charge on any atom is -0.449 e. The van der Waals surface area contributed by atoms with Crippen molar-refractivity contribution in [2.75, 3.05) is 6.07 Å². The molecule has 2 nitrogen and oxygen atoms in total. The lowest BCUT2D eigenvalue weighted by atomic mass is 10.1. The summed E-state index contributed by atoms with van der Waals surface area (Å²) in [6.07, 6.45) is 6.69. The summed E-state index contributed by atoms with van der Waals surface area (Å²) in [6, 6.07) is -0.0482. The number of hydrogen-bond donors (Lipinski definition) is 0. The second-order valence-electron chi connectivity index (χ2n) is 3.61. The van der Waals surface area contributed by atoms with E-state index in [0.717, 1.165) is 25.7 Å². The summed E-state index contributed by atoms with van der Waals surface area (Å²) in [5, 5.41) is 0.258. The van der Waals surface area contributed by atoms with Gasteiger partial charge in [-0.15, -0.1) is 11.6 Å². The predicted octanol–water partition coefficient (Wildman–Crippen LogP) is 4.08. The van der Waals surface area contributed by atoms with Gasteiger partial charge in [0.15, 0.2) is 6.07 Å². The lowest BCUT2D eigenvalue weighted by molar-refractivity contribution is -0.141. The maximum atomic E-state index is 10.9. The first-order chi connectivity index (χ1) is 7.20. The second kappa shape index (κ2) is 10.6. The van der Waals surface area contributed by atoms with Crippen LogP contribution in [0.1, 0.15) is 51.9 Å². The van der Waals surface area contributed by atoms with Crippen molar-refractivity contribution in [1.29, 1.82) is 0 Å². The Morgan fingerprint density at radius 3 is 2.53 bits per heavy atom. The molecule has 0 heterocycles. The van der Waals surface area contributed by atoms with Gasteiger partial charge >= 0.3 is 5.97 Å². The van der Waals surface area contributed by atoms with E-state index in [4.69, 9.17) is 23.2 Å². The molecule has 0 aromatic rings. The molecule has 0 rings (SSSR count). The molecule has 0 aliphatic rings. The van der Waals surface area contributed by atoms with E-state index in [1.54, 1.807) is 0 Å². The molecular formula is C11H20Cl2O2. The van der Waals surface area contributed by atoms with Crippen molar-refractivity contribution < 1.29 is 9.53 Å². The van der Waals surface area contributed by atoms with Gasteiger partial charge in [-0.2, -0.15) is 0 Å². The zero-order chi connectivity index (χ0) is 11.5. The van der Waals surface area contributed by atoms with Crippen LogP contribution in [0.4, 0.5) is 0 Å². The SMILES string of the molecule is CCCCC(Cl)CCCCC(=O)OCCl. The van der Waals surface area contributed by atoms with Gasteiger partial charge in [-0.3, -0.25) is 4.79 Å². The number of alkyl halides is 2. The van der Waals surface area contributed by atoms with Crippen LogP contribution in [-0.4, -0.2) is 17.4 Å². The van der Waals surface area contributed by atoms with E-state index >= 15 is 0 Å². The van der Waals surface area contributed by atoms with Crippen molar-refractivity contribution in [2.45, 2.75) is 57.2 Å². The molecule has 1 unspecified atom stereocenters. The Labute approximate surface area is 102 Å². The maximum Gasteiger partial charge on any atom is 0.306 e. The molecule has 90 valence electrons. The first-order valence-electron chi connectivity index (χ1n) is 5.56. The van der Waals surface area contributed by atoms with Gasteiger partial charge in [0.05, 0.1) is 0 Å². The summed E-state index contributed by atoms with van der Waals surface area (Å²) in [5.74, 6) is -0.218. The van der Waals surface area contributed by atoms with E-state index in [1.165, 1.54) is 12.8 Å². The largest absolute Gasteiger partial charge is 0.449 e. The lowest BCUT2D eigenvalue weighted by Gasteiger charge is -2.07. The number of esters is 1. The minimum absolute atomic E-state index is 0.0482. The van der Waals surface area contributed by atoms with Crippen LogP contribution in [0.2, 0.25) is 0 Å². The number of unbranched alkanes of at least 4 members (excludes halogenated alkanes) is 2. The Balaban J connectivity index is 3.26. The molecule has 0 aliphatic heterocycles. The van der Waals surface area contributed by atoms with E-state index in [1.807, 2.05) is 0 Å². The quantitative estimate of drug-likeness (QED) is 0.352. The average Bonchev–Trinajstić information content (AvgIpc) is 2.22. The fraction of sp³-hybridized carbons (Fsp3) is 0.909. The van der Waals surface area contributed by atoms with E-state index in [2.05, 4.69) is 11.7 Å². The van der Waals surface area contributed by atoms with E-state index in [0.29, 0.717) is 6.42 Å². The fourth-order valence-electron chi connectivity index (χ4n) is 1.34. The number of carbonyl (C=O) groups is 1. The van der Waals surface area contributed by atoms with Crippen LogP contribution >= 0.6 is 23.2 Å². The van der Waals surface area contributed by atoms with Crippen molar-refractivity contribution in [3.63, 3.8) is 0 Å². The van der Waals surface area contributed by atoms with Crippen LogP contribution in [0.5, 0.6) is 0 Å². The van der Waals surface area contributed by atoms with Crippen molar-refractivity contribution in [1.82, 2.24) is 0 Å². The van der Waals surface area contributed by atoms with Crippen molar-refractivity contribution >= 4 is 29.2 Å². The highest BCUT2D eigenvalue weighted by atomic mass is 35.5. The summed E-state index contributed by atoms with van der Waals surface area (Å²) in [7, 11) is 0. The highest BCUT2D eigenvalue weighted by molar-refractivity contribution is 6.20. The summed E-state index contributed by atoms with van der Waals surface area (Å²) >= 11 is 11.4. The van der Waals surface area contributed by atoms with Crippen LogP contribution in [0, 0.1) is 0 Å². The van der Waals surface area contributed by atoms with Crippen molar-refractivity contribution in [2.24, 2.45) is 0 Å². The van der Waals surface area contributed by atoms with Crippen LogP contribution < -0.4 is 0 Å². The Morgan fingerprint density at radius 2 is 1.93 bits per heavy atom. The Morgan fingerprint density at radius 1 is 1.27 bits per heavy atom.